The maximum Gasteiger partial charge on any atom is 0.418 e. The van der Waals surface area contributed by atoms with Gasteiger partial charge in [0.15, 0.2) is 0 Å². The molecule has 0 atom stereocenters. The number of nitrogen functional groups attached to an aromatic ring is 1. The van der Waals surface area contributed by atoms with E-state index >= 15 is 0 Å². The SMILES string of the molecule is CCC(C)(C)NC(=O)c1cccc(C(F)(F)F)c1NN. The monoisotopic (exact) mass is 289 g/mol. The summed E-state index contributed by atoms with van der Waals surface area (Å²) in [7, 11) is 0. The molecule has 0 unspecified atom stereocenters. The van der Waals surface area contributed by atoms with E-state index in [2.05, 4.69) is 5.32 Å². The van der Waals surface area contributed by atoms with Gasteiger partial charge in [0.1, 0.15) is 0 Å². The Morgan fingerprint density at radius 1 is 1.30 bits per heavy atom. The molecule has 4 N–H and O–H groups in total. The van der Waals surface area contributed by atoms with Crippen LogP contribution < -0.4 is 16.6 Å². The molecule has 7 heteroatoms. The number of benzene rings is 1. The second-order valence-corrected chi connectivity index (χ2v) is 5.06. The van der Waals surface area contributed by atoms with Crippen LogP contribution >= 0.6 is 0 Å². The number of halogens is 3. The second kappa shape index (κ2) is 5.70. The minimum Gasteiger partial charge on any atom is -0.347 e. The largest absolute Gasteiger partial charge is 0.418 e. The molecule has 0 heterocycles. The number of hydrogen-bond acceptors (Lipinski definition) is 3. The summed E-state index contributed by atoms with van der Waals surface area (Å²) in [6, 6.07) is 3.35. The molecule has 112 valence electrons. The number of alkyl halides is 3. The Hall–Kier alpha value is -1.76. The molecule has 0 aliphatic heterocycles. The first-order valence-electron chi connectivity index (χ1n) is 6.11. The molecule has 1 amide bonds. The molecule has 0 aromatic heterocycles. The molecule has 0 spiro atoms. The van der Waals surface area contributed by atoms with E-state index in [4.69, 9.17) is 5.84 Å². The lowest BCUT2D eigenvalue weighted by Gasteiger charge is -2.25. The van der Waals surface area contributed by atoms with E-state index in [1.54, 1.807) is 13.8 Å². The van der Waals surface area contributed by atoms with Gasteiger partial charge in [-0.3, -0.25) is 10.6 Å². The minimum atomic E-state index is -4.59. The van der Waals surface area contributed by atoms with E-state index in [1.807, 2.05) is 12.3 Å². The zero-order valence-electron chi connectivity index (χ0n) is 11.6. The van der Waals surface area contributed by atoms with Crippen LogP contribution in [-0.2, 0) is 6.18 Å². The van der Waals surface area contributed by atoms with Crippen LogP contribution in [0.25, 0.3) is 0 Å². The van der Waals surface area contributed by atoms with Crippen LogP contribution in [0.15, 0.2) is 18.2 Å². The Bertz CT molecular complexity index is 498. The topological polar surface area (TPSA) is 67.2 Å². The Morgan fingerprint density at radius 3 is 2.35 bits per heavy atom. The Kier molecular flexibility index (Phi) is 4.65. The van der Waals surface area contributed by atoms with Crippen LogP contribution in [0.4, 0.5) is 18.9 Å². The highest BCUT2D eigenvalue weighted by molar-refractivity contribution is 6.00. The predicted molar refractivity (Wildman–Crippen MR) is 71.1 cm³/mol. The molecule has 0 aliphatic carbocycles. The maximum absolute atomic E-state index is 12.9. The predicted octanol–water partition coefficient (Wildman–Crippen LogP) is 2.91. The fourth-order valence-electron chi connectivity index (χ4n) is 1.60. The van der Waals surface area contributed by atoms with Crippen molar-refractivity contribution in [2.75, 3.05) is 5.43 Å². The molecule has 0 aliphatic rings. The standard InChI is InChI=1S/C13H18F3N3O/c1-4-12(2,3)18-11(20)8-6-5-7-9(10(8)19-17)13(14,15)16/h5-7,19H,4,17H2,1-3H3,(H,18,20). The van der Waals surface area contributed by atoms with E-state index in [0.29, 0.717) is 6.42 Å². The quantitative estimate of drug-likeness (QED) is 0.590. The third-order valence-corrected chi connectivity index (χ3v) is 3.09. The first-order chi connectivity index (χ1) is 9.12. The third-order valence-electron chi connectivity index (χ3n) is 3.09. The normalized spacial score (nSPS) is 12.2. The molecule has 20 heavy (non-hydrogen) atoms. The fraction of sp³-hybridized carbons (Fsp3) is 0.462. The summed E-state index contributed by atoms with van der Waals surface area (Å²) in [5.74, 6) is 4.55. The summed E-state index contributed by atoms with van der Waals surface area (Å²) in [6.07, 6.45) is -3.94. The first-order valence-corrected chi connectivity index (χ1v) is 6.11. The van der Waals surface area contributed by atoms with Crippen molar-refractivity contribution in [1.82, 2.24) is 5.32 Å². The van der Waals surface area contributed by atoms with Crippen LogP contribution in [-0.4, -0.2) is 11.4 Å². The summed E-state index contributed by atoms with van der Waals surface area (Å²) in [5.41, 5.74) is -0.0743. The summed E-state index contributed by atoms with van der Waals surface area (Å²) in [5, 5.41) is 2.67. The van der Waals surface area contributed by atoms with Gasteiger partial charge in [-0.1, -0.05) is 13.0 Å². The second-order valence-electron chi connectivity index (χ2n) is 5.06. The third kappa shape index (κ3) is 3.63. The molecule has 0 fully saturated rings. The van der Waals surface area contributed by atoms with Crippen LogP contribution in [0.2, 0.25) is 0 Å². The average molecular weight is 289 g/mol. The number of hydrazine groups is 1. The summed E-state index contributed by atoms with van der Waals surface area (Å²) in [4.78, 5) is 12.1. The number of rotatable bonds is 4. The molecule has 0 saturated heterocycles. The van der Waals surface area contributed by atoms with Gasteiger partial charge in [-0.2, -0.15) is 13.2 Å². The van der Waals surface area contributed by atoms with Gasteiger partial charge < -0.3 is 10.7 Å². The lowest BCUT2D eigenvalue weighted by molar-refractivity contribution is -0.137. The number of hydrogen-bond donors (Lipinski definition) is 3. The van der Waals surface area contributed by atoms with Gasteiger partial charge >= 0.3 is 6.18 Å². The number of anilines is 1. The highest BCUT2D eigenvalue weighted by atomic mass is 19.4. The highest BCUT2D eigenvalue weighted by Gasteiger charge is 2.35. The number of carbonyl (C=O) groups excluding carboxylic acids is 1. The van der Waals surface area contributed by atoms with E-state index in [1.165, 1.54) is 12.1 Å². The van der Waals surface area contributed by atoms with E-state index < -0.39 is 28.9 Å². The smallest absolute Gasteiger partial charge is 0.347 e. The van der Waals surface area contributed by atoms with Gasteiger partial charge in [0, 0.05) is 5.54 Å². The molecule has 0 saturated carbocycles. The molecule has 1 aromatic carbocycles. The molecular formula is C13H18F3N3O. The molecule has 1 rings (SSSR count). The van der Waals surface area contributed by atoms with Gasteiger partial charge in [-0.05, 0) is 32.4 Å². The zero-order chi connectivity index (χ0) is 15.6. The summed E-state index contributed by atoms with van der Waals surface area (Å²) in [6.45, 7) is 5.44. The van der Waals surface area contributed by atoms with E-state index in [9.17, 15) is 18.0 Å². The van der Waals surface area contributed by atoms with Crippen LogP contribution in [0, 0.1) is 0 Å². The van der Waals surface area contributed by atoms with Crippen molar-refractivity contribution < 1.29 is 18.0 Å². The zero-order valence-corrected chi connectivity index (χ0v) is 11.6. The number of carbonyl (C=O) groups is 1. The van der Waals surface area contributed by atoms with Gasteiger partial charge in [0.05, 0.1) is 16.8 Å². The Balaban J connectivity index is 3.23. The summed E-state index contributed by atoms with van der Waals surface area (Å²) >= 11 is 0. The van der Waals surface area contributed by atoms with Gasteiger partial charge in [0.2, 0.25) is 0 Å². The molecule has 0 bridgehead atoms. The highest BCUT2D eigenvalue weighted by Crippen LogP contribution is 2.36. The van der Waals surface area contributed by atoms with Crippen LogP contribution in [0.3, 0.4) is 0 Å². The minimum absolute atomic E-state index is 0.135. The van der Waals surface area contributed by atoms with Crippen LogP contribution in [0.5, 0.6) is 0 Å². The van der Waals surface area contributed by atoms with Crippen molar-refractivity contribution in [3.8, 4) is 0 Å². The van der Waals surface area contributed by atoms with Crippen LogP contribution in [0.1, 0.15) is 43.1 Å². The first kappa shape index (κ1) is 16.3. The van der Waals surface area contributed by atoms with E-state index in [-0.39, 0.29) is 5.56 Å². The van der Waals surface area contributed by atoms with Gasteiger partial charge in [-0.25, -0.2) is 0 Å². The average Bonchev–Trinajstić information content (AvgIpc) is 2.36. The van der Waals surface area contributed by atoms with Crippen molar-refractivity contribution in [3.05, 3.63) is 29.3 Å². The van der Waals surface area contributed by atoms with Gasteiger partial charge in [0.25, 0.3) is 5.91 Å². The summed E-state index contributed by atoms with van der Waals surface area (Å²) < 4.78 is 38.6. The number of nitrogens with one attached hydrogen (secondary N) is 2. The number of para-hydroxylation sites is 1. The van der Waals surface area contributed by atoms with Gasteiger partial charge in [-0.15, -0.1) is 0 Å². The van der Waals surface area contributed by atoms with Crippen molar-refractivity contribution in [3.63, 3.8) is 0 Å². The Morgan fingerprint density at radius 2 is 1.90 bits per heavy atom. The lowest BCUT2D eigenvalue weighted by Crippen LogP contribution is -2.43. The lowest BCUT2D eigenvalue weighted by atomic mass is 10.00. The maximum atomic E-state index is 12.9. The van der Waals surface area contributed by atoms with E-state index in [0.717, 1.165) is 6.07 Å². The molecule has 0 radical (unpaired) electrons. The van der Waals surface area contributed by atoms with Crippen molar-refractivity contribution in [2.24, 2.45) is 5.84 Å². The van der Waals surface area contributed by atoms with Crippen molar-refractivity contribution in [1.29, 1.82) is 0 Å². The number of amides is 1. The molecule has 4 nitrogen and oxygen atoms in total. The number of nitrogens with two attached hydrogens (primary N) is 1. The molecular weight excluding hydrogens is 271 g/mol. The fourth-order valence-corrected chi connectivity index (χ4v) is 1.60. The van der Waals surface area contributed by atoms with Crippen molar-refractivity contribution in [2.45, 2.75) is 38.9 Å². The van der Waals surface area contributed by atoms with Crippen molar-refractivity contribution >= 4 is 11.6 Å². The Labute approximate surface area is 115 Å². The molecule has 1 aromatic rings.